The molecule has 26 heavy (non-hydrogen) atoms. The second-order valence-electron chi connectivity index (χ2n) is 7.29. The summed E-state index contributed by atoms with van der Waals surface area (Å²) in [5.74, 6) is 0.672. The molecule has 0 unspecified atom stereocenters. The Morgan fingerprint density at radius 2 is 2.04 bits per heavy atom. The van der Waals surface area contributed by atoms with Gasteiger partial charge in [0.05, 0.1) is 16.2 Å². The molecule has 1 aliphatic heterocycles. The quantitative estimate of drug-likeness (QED) is 0.698. The van der Waals surface area contributed by atoms with Crippen molar-refractivity contribution in [2.45, 2.75) is 30.7 Å². The molecular formula is C20H18ClFN4. The molecule has 0 atom stereocenters. The van der Waals surface area contributed by atoms with Crippen LogP contribution in [0.3, 0.4) is 0 Å². The average molecular weight is 369 g/mol. The van der Waals surface area contributed by atoms with Crippen LogP contribution in [0.1, 0.15) is 30.7 Å². The largest absolute Gasteiger partial charge is 0.337 e. The van der Waals surface area contributed by atoms with Gasteiger partial charge in [0.15, 0.2) is 5.82 Å². The molecule has 1 aliphatic carbocycles. The van der Waals surface area contributed by atoms with Crippen molar-refractivity contribution in [1.29, 1.82) is 0 Å². The molecule has 3 aromatic rings. The molecule has 2 fully saturated rings. The second kappa shape index (κ2) is 5.89. The van der Waals surface area contributed by atoms with E-state index in [1.165, 1.54) is 37.2 Å². The molecule has 5 rings (SSSR count). The predicted octanol–water partition coefficient (Wildman–Crippen LogP) is 4.78. The summed E-state index contributed by atoms with van der Waals surface area (Å²) in [5.41, 5.74) is 2.83. The maximum Gasteiger partial charge on any atom is 0.165 e. The number of nitrogens with zero attached hydrogens (tertiary/aromatic N) is 2. The maximum absolute atomic E-state index is 14.2. The fourth-order valence-electron chi connectivity index (χ4n) is 4.10. The van der Waals surface area contributed by atoms with Gasteiger partial charge in [0.2, 0.25) is 0 Å². The summed E-state index contributed by atoms with van der Waals surface area (Å²) in [7, 11) is 0. The third kappa shape index (κ3) is 2.54. The third-order valence-corrected chi connectivity index (χ3v) is 6.01. The van der Waals surface area contributed by atoms with Crippen LogP contribution in [-0.2, 0) is 0 Å². The van der Waals surface area contributed by atoms with E-state index in [0.717, 1.165) is 17.4 Å². The predicted molar refractivity (Wildman–Crippen MR) is 102 cm³/mol. The minimum Gasteiger partial charge on any atom is -0.337 e. The van der Waals surface area contributed by atoms with E-state index < -0.39 is 5.82 Å². The second-order valence-corrected chi connectivity index (χ2v) is 7.69. The molecule has 0 amide bonds. The molecule has 0 radical (unpaired) electrons. The van der Waals surface area contributed by atoms with Crippen LogP contribution < -0.4 is 10.6 Å². The summed E-state index contributed by atoms with van der Waals surface area (Å²) in [6.45, 7) is 1.14. The zero-order chi connectivity index (χ0) is 17.7. The fraction of sp³-hybridized carbons (Fsp3) is 0.300. The highest BCUT2D eigenvalue weighted by atomic mass is 35.5. The third-order valence-electron chi connectivity index (χ3n) is 5.71. The van der Waals surface area contributed by atoms with Crippen LogP contribution in [-0.4, -0.2) is 22.1 Å². The molecule has 0 bridgehead atoms. The summed E-state index contributed by atoms with van der Waals surface area (Å²) in [5, 5.41) is 7.61. The van der Waals surface area contributed by atoms with E-state index in [1.807, 2.05) is 6.07 Å². The Morgan fingerprint density at radius 1 is 1.19 bits per heavy atom. The summed E-state index contributed by atoms with van der Waals surface area (Å²) < 4.78 is 14.2. The van der Waals surface area contributed by atoms with Crippen molar-refractivity contribution < 1.29 is 4.39 Å². The lowest BCUT2D eigenvalue weighted by molar-refractivity contribution is 0.0766. The number of anilines is 2. The number of fused-ring (bicyclic) bond motifs is 1. The Balaban J connectivity index is 1.49. The van der Waals surface area contributed by atoms with Crippen molar-refractivity contribution in [3.63, 3.8) is 0 Å². The Morgan fingerprint density at radius 3 is 2.81 bits per heavy atom. The lowest BCUT2D eigenvalue weighted by Crippen LogP contribution is -2.63. The van der Waals surface area contributed by atoms with Gasteiger partial charge in [0, 0.05) is 10.9 Å². The minimum atomic E-state index is -0.478. The zero-order valence-corrected chi connectivity index (χ0v) is 14.9. The van der Waals surface area contributed by atoms with Crippen molar-refractivity contribution in [3.8, 4) is 0 Å². The van der Waals surface area contributed by atoms with Gasteiger partial charge in [-0.05, 0) is 61.6 Å². The van der Waals surface area contributed by atoms with Crippen molar-refractivity contribution in [2.75, 3.05) is 11.9 Å². The van der Waals surface area contributed by atoms with Crippen molar-refractivity contribution in [3.05, 3.63) is 59.1 Å². The highest BCUT2D eigenvalue weighted by molar-refractivity contribution is 6.31. The van der Waals surface area contributed by atoms with Gasteiger partial charge in [-0.25, -0.2) is 14.4 Å². The van der Waals surface area contributed by atoms with Gasteiger partial charge in [-0.15, -0.1) is 0 Å². The van der Waals surface area contributed by atoms with Crippen LogP contribution >= 0.6 is 11.6 Å². The molecule has 1 saturated carbocycles. The molecule has 6 heteroatoms. The lowest BCUT2D eigenvalue weighted by Gasteiger charge is -2.55. The van der Waals surface area contributed by atoms with E-state index >= 15 is 0 Å². The summed E-state index contributed by atoms with van der Waals surface area (Å²) in [4.78, 5) is 8.67. The van der Waals surface area contributed by atoms with Crippen LogP contribution in [0, 0.1) is 5.82 Å². The number of aromatic nitrogens is 2. The molecular weight excluding hydrogens is 351 g/mol. The van der Waals surface area contributed by atoms with E-state index in [-0.39, 0.29) is 5.02 Å². The van der Waals surface area contributed by atoms with Crippen molar-refractivity contribution in [2.24, 2.45) is 0 Å². The fourth-order valence-corrected chi connectivity index (χ4v) is 4.28. The van der Waals surface area contributed by atoms with Gasteiger partial charge in [-0.1, -0.05) is 23.7 Å². The number of benzene rings is 2. The van der Waals surface area contributed by atoms with E-state index in [4.69, 9.17) is 11.6 Å². The standard InChI is InChI=1S/C20H18ClFN4/c21-15-2-1-3-17(18(15)22)26-19-14-8-12(4-5-16(14)23-11-24-19)13-9-20(10-13)6-7-25-20/h1-5,8,11,13,25H,6-7,9-10H2,(H,23,24,26). The van der Waals surface area contributed by atoms with Crippen molar-refractivity contribution >= 4 is 34.0 Å². The lowest BCUT2D eigenvalue weighted by atomic mass is 9.61. The molecule has 2 N–H and O–H groups in total. The first-order valence-corrected chi connectivity index (χ1v) is 9.22. The van der Waals surface area contributed by atoms with E-state index in [9.17, 15) is 4.39 Å². The van der Waals surface area contributed by atoms with Crippen LogP contribution in [0.25, 0.3) is 10.9 Å². The molecule has 132 valence electrons. The van der Waals surface area contributed by atoms with Gasteiger partial charge < -0.3 is 10.6 Å². The van der Waals surface area contributed by atoms with E-state index in [0.29, 0.717) is 23.0 Å². The smallest absolute Gasteiger partial charge is 0.165 e. The minimum absolute atomic E-state index is 0.0850. The summed E-state index contributed by atoms with van der Waals surface area (Å²) >= 11 is 5.88. The first kappa shape index (κ1) is 16.0. The molecule has 1 saturated heterocycles. The Bertz CT molecular complexity index is 994. The number of nitrogens with one attached hydrogen (secondary N) is 2. The van der Waals surface area contributed by atoms with E-state index in [1.54, 1.807) is 12.1 Å². The Kier molecular flexibility index (Phi) is 3.62. The Hall–Kier alpha value is -2.24. The monoisotopic (exact) mass is 368 g/mol. The zero-order valence-electron chi connectivity index (χ0n) is 14.1. The normalized spacial score (nSPS) is 24.3. The number of hydrogen-bond donors (Lipinski definition) is 2. The first-order chi connectivity index (χ1) is 12.6. The van der Waals surface area contributed by atoms with Crippen molar-refractivity contribution in [1.82, 2.24) is 15.3 Å². The number of halogens is 2. The average Bonchev–Trinajstić information content (AvgIpc) is 2.57. The van der Waals surface area contributed by atoms with E-state index in [2.05, 4.69) is 32.7 Å². The highest BCUT2D eigenvalue weighted by Crippen LogP contribution is 2.50. The molecule has 2 aliphatic rings. The van der Waals surface area contributed by atoms with Gasteiger partial charge in [0.1, 0.15) is 12.1 Å². The van der Waals surface area contributed by atoms with Gasteiger partial charge in [-0.2, -0.15) is 0 Å². The SMILES string of the molecule is Fc1c(Cl)cccc1Nc1ncnc2ccc(C3CC4(CCN4)C3)cc12. The van der Waals surface area contributed by atoms with Crippen LogP contribution in [0.2, 0.25) is 5.02 Å². The summed E-state index contributed by atoms with van der Waals surface area (Å²) in [6.07, 6.45) is 5.13. The topological polar surface area (TPSA) is 49.8 Å². The van der Waals surface area contributed by atoms with Gasteiger partial charge >= 0.3 is 0 Å². The van der Waals surface area contributed by atoms with Gasteiger partial charge in [0.25, 0.3) is 0 Å². The number of hydrogen-bond acceptors (Lipinski definition) is 4. The van der Waals surface area contributed by atoms with Crippen LogP contribution in [0.4, 0.5) is 15.9 Å². The molecule has 2 heterocycles. The summed E-state index contributed by atoms with van der Waals surface area (Å²) in [6, 6.07) is 11.2. The van der Waals surface area contributed by atoms with Crippen LogP contribution in [0.5, 0.6) is 0 Å². The highest BCUT2D eigenvalue weighted by Gasteiger charge is 2.48. The molecule has 4 nitrogen and oxygen atoms in total. The maximum atomic E-state index is 14.2. The molecule has 1 aromatic heterocycles. The molecule has 2 aromatic carbocycles. The van der Waals surface area contributed by atoms with Crippen LogP contribution in [0.15, 0.2) is 42.7 Å². The number of rotatable bonds is 3. The first-order valence-electron chi connectivity index (χ1n) is 8.84. The Labute approximate surface area is 155 Å². The van der Waals surface area contributed by atoms with Gasteiger partial charge in [-0.3, -0.25) is 0 Å². The molecule has 1 spiro atoms.